The Labute approximate surface area is 81.4 Å². The van der Waals surface area contributed by atoms with Gasteiger partial charge in [-0.15, -0.1) is 0 Å². The second-order valence-corrected chi connectivity index (χ2v) is 3.68. The van der Waals surface area contributed by atoms with Crippen LogP contribution in [0.2, 0.25) is 0 Å². The summed E-state index contributed by atoms with van der Waals surface area (Å²) in [7, 11) is 0. The predicted octanol–water partition coefficient (Wildman–Crippen LogP) is -1.59. The van der Waals surface area contributed by atoms with E-state index in [1.165, 1.54) is 0 Å². The highest BCUT2D eigenvalue weighted by Gasteiger charge is 2.43. The molecule has 3 N–H and O–H groups in total. The molecule has 0 saturated carbocycles. The van der Waals surface area contributed by atoms with Crippen LogP contribution in [0.25, 0.3) is 0 Å². The SMILES string of the molecule is CC(C)CN(N)C1C(=O)NC(=O)C1=O. The van der Waals surface area contributed by atoms with Crippen molar-refractivity contribution in [2.75, 3.05) is 6.54 Å². The van der Waals surface area contributed by atoms with Crippen LogP contribution in [0.4, 0.5) is 0 Å². The molecule has 1 heterocycles. The van der Waals surface area contributed by atoms with Gasteiger partial charge in [0.2, 0.25) is 5.78 Å². The van der Waals surface area contributed by atoms with Gasteiger partial charge in [-0.05, 0) is 5.92 Å². The third kappa shape index (κ3) is 1.97. The first-order chi connectivity index (χ1) is 6.43. The van der Waals surface area contributed by atoms with Gasteiger partial charge in [0.05, 0.1) is 0 Å². The Balaban J connectivity index is 2.72. The normalized spacial score (nSPS) is 22.4. The first kappa shape index (κ1) is 10.8. The van der Waals surface area contributed by atoms with E-state index in [2.05, 4.69) is 0 Å². The van der Waals surface area contributed by atoms with Crippen LogP contribution >= 0.6 is 0 Å². The second-order valence-electron chi connectivity index (χ2n) is 3.68. The Morgan fingerprint density at radius 1 is 1.43 bits per heavy atom. The first-order valence-corrected chi connectivity index (χ1v) is 4.34. The van der Waals surface area contributed by atoms with E-state index in [-0.39, 0.29) is 5.92 Å². The summed E-state index contributed by atoms with van der Waals surface area (Å²) in [6.07, 6.45) is 0. The highest BCUT2D eigenvalue weighted by molar-refractivity contribution is 6.49. The number of hydrazine groups is 1. The van der Waals surface area contributed by atoms with Crippen LogP contribution in [0, 0.1) is 5.92 Å². The molecule has 0 aromatic rings. The zero-order valence-electron chi connectivity index (χ0n) is 8.11. The molecule has 1 aliphatic rings. The van der Waals surface area contributed by atoms with Crippen LogP contribution in [0.1, 0.15) is 13.8 Å². The van der Waals surface area contributed by atoms with Crippen molar-refractivity contribution in [2.45, 2.75) is 19.9 Å². The highest BCUT2D eigenvalue weighted by Crippen LogP contribution is 2.06. The van der Waals surface area contributed by atoms with Crippen molar-refractivity contribution in [1.29, 1.82) is 0 Å². The third-order valence-corrected chi connectivity index (χ3v) is 1.86. The lowest BCUT2D eigenvalue weighted by atomic mass is 10.1. The Morgan fingerprint density at radius 3 is 2.36 bits per heavy atom. The minimum Gasteiger partial charge on any atom is -0.288 e. The second kappa shape index (κ2) is 3.85. The number of carbonyl (C=O) groups excluding carboxylic acids is 3. The van der Waals surface area contributed by atoms with Crippen molar-refractivity contribution < 1.29 is 14.4 Å². The fourth-order valence-electron chi connectivity index (χ4n) is 1.31. The number of nitrogens with one attached hydrogen (secondary N) is 1. The largest absolute Gasteiger partial charge is 0.296 e. The molecule has 1 saturated heterocycles. The van der Waals surface area contributed by atoms with Crippen molar-refractivity contribution in [2.24, 2.45) is 11.8 Å². The molecule has 1 unspecified atom stereocenters. The quantitative estimate of drug-likeness (QED) is 0.188. The average Bonchev–Trinajstić information content (AvgIpc) is 2.25. The number of hydrogen-bond donors (Lipinski definition) is 2. The number of amides is 2. The zero-order chi connectivity index (χ0) is 10.9. The number of Topliss-reactive ketones (excluding diaryl/α,β-unsaturated/α-hetero) is 1. The molecule has 78 valence electrons. The van der Waals surface area contributed by atoms with Gasteiger partial charge in [0, 0.05) is 6.54 Å². The number of imide groups is 1. The molecule has 6 nitrogen and oxygen atoms in total. The minimum absolute atomic E-state index is 0.219. The summed E-state index contributed by atoms with van der Waals surface area (Å²) in [6, 6.07) is -1.15. The molecule has 1 rings (SSSR count). The van der Waals surface area contributed by atoms with E-state index in [4.69, 9.17) is 5.84 Å². The Morgan fingerprint density at radius 2 is 2.00 bits per heavy atom. The molecule has 2 amide bonds. The molecule has 0 aromatic heterocycles. The maximum atomic E-state index is 11.2. The van der Waals surface area contributed by atoms with E-state index >= 15 is 0 Å². The fourth-order valence-corrected chi connectivity index (χ4v) is 1.31. The maximum absolute atomic E-state index is 11.2. The smallest absolute Gasteiger partial charge is 0.288 e. The number of nitrogens with zero attached hydrogens (tertiary/aromatic N) is 1. The van der Waals surface area contributed by atoms with Gasteiger partial charge in [-0.2, -0.15) is 0 Å². The molecule has 6 heteroatoms. The highest BCUT2D eigenvalue weighted by atomic mass is 16.2. The standard InChI is InChI=1S/C8H13N3O3/c1-4(2)3-11(9)5-6(12)8(14)10-7(5)13/h4-5H,3,9H2,1-2H3,(H,10,13,14). The minimum atomic E-state index is -1.15. The Kier molecular flexibility index (Phi) is 2.97. The van der Waals surface area contributed by atoms with Crippen LogP contribution in [0.5, 0.6) is 0 Å². The number of nitrogens with two attached hydrogens (primary N) is 1. The molecule has 0 aromatic carbocycles. The third-order valence-electron chi connectivity index (χ3n) is 1.86. The summed E-state index contributed by atoms with van der Waals surface area (Å²) in [6.45, 7) is 4.19. The molecule has 0 aliphatic carbocycles. The Bertz CT molecular complexity index is 288. The molecule has 0 bridgehead atoms. The number of carbonyl (C=O) groups is 3. The van der Waals surface area contributed by atoms with Gasteiger partial charge in [-0.1, -0.05) is 13.8 Å². The zero-order valence-corrected chi connectivity index (χ0v) is 8.11. The molecule has 1 aliphatic heterocycles. The van der Waals surface area contributed by atoms with Gasteiger partial charge in [-0.25, -0.2) is 5.01 Å². The van der Waals surface area contributed by atoms with E-state index in [9.17, 15) is 14.4 Å². The predicted molar refractivity (Wildman–Crippen MR) is 47.7 cm³/mol. The van der Waals surface area contributed by atoms with E-state index in [0.29, 0.717) is 6.54 Å². The summed E-state index contributed by atoms with van der Waals surface area (Å²) in [5.74, 6) is 3.45. The molecule has 1 atom stereocenters. The van der Waals surface area contributed by atoms with Crippen LogP contribution in [0.3, 0.4) is 0 Å². The lowest BCUT2D eigenvalue weighted by Gasteiger charge is -2.21. The molecular weight excluding hydrogens is 186 g/mol. The van der Waals surface area contributed by atoms with Gasteiger partial charge < -0.3 is 0 Å². The summed E-state index contributed by atoms with van der Waals surface area (Å²) in [4.78, 5) is 33.1. The van der Waals surface area contributed by atoms with Crippen molar-refractivity contribution in [1.82, 2.24) is 10.3 Å². The van der Waals surface area contributed by atoms with Crippen molar-refractivity contribution in [3.63, 3.8) is 0 Å². The summed E-state index contributed by atoms with van der Waals surface area (Å²) < 4.78 is 0. The maximum Gasteiger partial charge on any atom is 0.296 e. The van der Waals surface area contributed by atoms with Crippen LogP contribution in [-0.2, 0) is 14.4 Å². The van der Waals surface area contributed by atoms with Gasteiger partial charge in [0.15, 0.2) is 6.04 Å². The molecule has 0 radical (unpaired) electrons. The van der Waals surface area contributed by atoms with Gasteiger partial charge in [0.25, 0.3) is 11.8 Å². The average molecular weight is 199 g/mol. The molecule has 14 heavy (non-hydrogen) atoms. The number of ketones is 1. The van der Waals surface area contributed by atoms with E-state index in [1.54, 1.807) is 0 Å². The molecular formula is C8H13N3O3. The van der Waals surface area contributed by atoms with E-state index < -0.39 is 23.6 Å². The van der Waals surface area contributed by atoms with E-state index in [0.717, 1.165) is 5.01 Å². The van der Waals surface area contributed by atoms with Crippen LogP contribution in [-0.4, -0.2) is 35.2 Å². The van der Waals surface area contributed by atoms with Crippen molar-refractivity contribution >= 4 is 17.6 Å². The number of hydrogen-bond acceptors (Lipinski definition) is 5. The van der Waals surface area contributed by atoms with Crippen LogP contribution in [0.15, 0.2) is 0 Å². The van der Waals surface area contributed by atoms with Gasteiger partial charge >= 0.3 is 0 Å². The summed E-state index contributed by atoms with van der Waals surface area (Å²) >= 11 is 0. The monoisotopic (exact) mass is 199 g/mol. The lowest BCUT2D eigenvalue weighted by Crippen LogP contribution is -2.50. The van der Waals surface area contributed by atoms with Gasteiger partial charge in [0.1, 0.15) is 0 Å². The van der Waals surface area contributed by atoms with Crippen molar-refractivity contribution in [3.05, 3.63) is 0 Å². The fraction of sp³-hybridized carbons (Fsp3) is 0.625. The topological polar surface area (TPSA) is 92.5 Å². The first-order valence-electron chi connectivity index (χ1n) is 4.34. The lowest BCUT2D eigenvalue weighted by molar-refractivity contribution is -0.137. The summed E-state index contributed by atoms with van der Waals surface area (Å²) in [5, 5.41) is 3.03. The van der Waals surface area contributed by atoms with Crippen molar-refractivity contribution in [3.8, 4) is 0 Å². The molecule has 1 fully saturated rings. The molecule has 0 spiro atoms. The Hall–Kier alpha value is -1.27. The van der Waals surface area contributed by atoms with Crippen LogP contribution < -0.4 is 11.2 Å². The van der Waals surface area contributed by atoms with E-state index in [1.807, 2.05) is 19.2 Å². The number of rotatable bonds is 3. The summed E-state index contributed by atoms with van der Waals surface area (Å²) in [5.41, 5.74) is 0. The van der Waals surface area contributed by atoms with Gasteiger partial charge in [-0.3, -0.25) is 25.5 Å².